The summed E-state index contributed by atoms with van der Waals surface area (Å²) in [6.07, 6.45) is 0.929. The molecule has 0 amide bonds. The Hall–Kier alpha value is -3.78. The number of hydrogen-bond acceptors (Lipinski definition) is 6. The molecule has 1 atom stereocenters. The van der Waals surface area contributed by atoms with E-state index < -0.39 is 0 Å². The van der Waals surface area contributed by atoms with Crippen LogP contribution in [0, 0.1) is 5.82 Å². The molecule has 8 heteroatoms. The van der Waals surface area contributed by atoms with Gasteiger partial charge >= 0.3 is 0 Å². The zero-order valence-electron chi connectivity index (χ0n) is 19.2. The predicted molar refractivity (Wildman–Crippen MR) is 125 cm³/mol. The summed E-state index contributed by atoms with van der Waals surface area (Å²) in [5.41, 5.74) is 4.49. The molecule has 2 heterocycles. The number of nitrogens with zero attached hydrogens (tertiary/aromatic N) is 5. The second-order valence-corrected chi connectivity index (χ2v) is 8.32. The maximum Gasteiger partial charge on any atom is 0.173 e. The lowest BCUT2D eigenvalue weighted by Gasteiger charge is -2.35. The maximum absolute atomic E-state index is 13.4. The molecule has 0 unspecified atom stereocenters. The molecule has 1 aliphatic heterocycles. The number of methoxy groups -OCH3 is 2. The molecule has 1 aliphatic rings. The molecule has 0 spiro atoms. The highest BCUT2D eigenvalue weighted by Gasteiger charge is 2.33. The molecule has 0 N–H and O–H groups in total. The highest BCUT2D eigenvalue weighted by Crippen LogP contribution is 2.38. The number of halogens is 1. The van der Waals surface area contributed by atoms with Gasteiger partial charge in [0.1, 0.15) is 23.4 Å². The van der Waals surface area contributed by atoms with Crippen LogP contribution in [-0.4, -0.2) is 45.9 Å². The van der Waals surface area contributed by atoms with Crippen molar-refractivity contribution in [2.75, 3.05) is 20.8 Å². The Bertz CT molecular complexity index is 1270. The number of tetrazole rings is 1. The van der Waals surface area contributed by atoms with Crippen molar-refractivity contribution in [1.82, 2.24) is 25.1 Å². The normalized spacial score (nSPS) is 14.4. The minimum Gasteiger partial charge on any atom is -0.497 e. The molecule has 3 aromatic carbocycles. The van der Waals surface area contributed by atoms with Crippen LogP contribution in [0.5, 0.6) is 11.5 Å². The van der Waals surface area contributed by atoms with Crippen molar-refractivity contribution in [3.05, 3.63) is 101 Å². The van der Waals surface area contributed by atoms with Gasteiger partial charge in [-0.1, -0.05) is 36.4 Å². The lowest BCUT2D eigenvalue weighted by atomic mass is 9.95. The van der Waals surface area contributed by atoms with Gasteiger partial charge in [-0.25, -0.2) is 9.07 Å². The average molecular weight is 460 g/mol. The van der Waals surface area contributed by atoms with Crippen LogP contribution < -0.4 is 9.47 Å². The van der Waals surface area contributed by atoms with Gasteiger partial charge in [-0.3, -0.25) is 4.90 Å². The van der Waals surface area contributed by atoms with Crippen molar-refractivity contribution in [1.29, 1.82) is 0 Å². The lowest BCUT2D eigenvalue weighted by molar-refractivity contribution is 0.191. The highest BCUT2D eigenvalue weighted by atomic mass is 19.1. The summed E-state index contributed by atoms with van der Waals surface area (Å²) in [5.74, 6) is 1.89. The zero-order chi connectivity index (χ0) is 23.5. The van der Waals surface area contributed by atoms with Gasteiger partial charge < -0.3 is 9.47 Å². The second kappa shape index (κ2) is 9.61. The van der Waals surface area contributed by atoms with Gasteiger partial charge in [0.15, 0.2) is 5.82 Å². The Labute approximate surface area is 197 Å². The van der Waals surface area contributed by atoms with E-state index in [0.29, 0.717) is 12.4 Å². The molecule has 0 aliphatic carbocycles. The molecule has 0 saturated carbocycles. The third-order valence-corrected chi connectivity index (χ3v) is 6.31. The number of aromatic nitrogens is 4. The molecular weight excluding hydrogens is 433 g/mol. The van der Waals surface area contributed by atoms with Crippen molar-refractivity contribution in [3.63, 3.8) is 0 Å². The van der Waals surface area contributed by atoms with Gasteiger partial charge in [0.2, 0.25) is 0 Å². The summed E-state index contributed by atoms with van der Waals surface area (Å²) < 4.78 is 26.5. The third kappa shape index (κ3) is 4.36. The molecule has 0 saturated heterocycles. The standard InChI is InChI=1S/C26H26FN5O2/c1-33-22-11-12-24(34-2)23(15-22)25(31-14-13-19-5-3-4-6-20(19)17-31)26-28-29-30-32(26)16-18-7-9-21(27)10-8-18/h3-12,15,25H,13-14,16-17H2,1-2H3/t25-/m0/s1. The minimum atomic E-state index is -0.272. The fraction of sp³-hybridized carbons (Fsp3) is 0.269. The van der Waals surface area contributed by atoms with Crippen molar-refractivity contribution < 1.29 is 13.9 Å². The van der Waals surface area contributed by atoms with E-state index in [0.717, 1.165) is 42.1 Å². The number of ether oxygens (including phenoxy) is 2. The summed E-state index contributed by atoms with van der Waals surface area (Å²) in [5, 5.41) is 12.7. The highest BCUT2D eigenvalue weighted by molar-refractivity contribution is 5.45. The van der Waals surface area contributed by atoms with Gasteiger partial charge in [-0.05, 0) is 63.9 Å². The first-order valence-corrected chi connectivity index (χ1v) is 11.2. The molecule has 7 nitrogen and oxygen atoms in total. The lowest BCUT2D eigenvalue weighted by Crippen LogP contribution is -2.36. The first-order valence-electron chi connectivity index (χ1n) is 11.2. The summed E-state index contributed by atoms with van der Waals surface area (Å²) >= 11 is 0. The van der Waals surface area contributed by atoms with Crippen LogP contribution in [0.25, 0.3) is 0 Å². The van der Waals surface area contributed by atoms with Crippen LogP contribution >= 0.6 is 0 Å². The molecular formula is C26H26FN5O2. The van der Waals surface area contributed by atoms with Crippen LogP contribution in [0.15, 0.2) is 66.7 Å². The monoisotopic (exact) mass is 459 g/mol. The third-order valence-electron chi connectivity index (χ3n) is 6.31. The molecule has 0 radical (unpaired) electrons. The molecule has 4 aromatic rings. The summed E-state index contributed by atoms with van der Waals surface area (Å²) in [4.78, 5) is 2.37. The smallest absolute Gasteiger partial charge is 0.173 e. The Balaban J connectivity index is 1.59. The zero-order valence-corrected chi connectivity index (χ0v) is 19.2. The van der Waals surface area contributed by atoms with Crippen LogP contribution in [0.2, 0.25) is 0 Å². The van der Waals surface area contributed by atoms with E-state index in [2.05, 4.69) is 44.7 Å². The summed E-state index contributed by atoms with van der Waals surface area (Å²) in [7, 11) is 3.31. The minimum absolute atomic E-state index is 0.270. The predicted octanol–water partition coefficient (Wildman–Crippen LogP) is 4.03. The van der Waals surface area contributed by atoms with Crippen LogP contribution in [-0.2, 0) is 19.5 Å². The molecule has 34 heavy (non-hydrogen) atoms. The molecule has 0 bridgehead atoms. The van der Waals surface area contributed by atoms with Gasteiger partial charge in [0.05, 0.1) is 20.8 Å². The van der Waals surface area contributed by atoms with Gasteiger partial charge in [-0.15, -0.1) is 5.10 Å². The SMILES string of the molecule is COc1ccc(OC)c([C@@H](c2nnnn2Cc2ccc(F)cc2)N2CCc3ccccc3C2)c1. The quantitative estimate of drug-likeness (QED) is 0.416. The second-order valence-electron chi connectivity index (χ2n) is 8.32. The molecule has 1 aromatic heterocycles. The van der Waals surface area contributed by atoms with Crippen molar-refractivity contribution in [2.24, 2.45) is 0 Å². The van der Waals surface area contributed by atoms with E-state index in [4.69, 9.17) is 9.47 Å². The summed E-state index contributed by atoms with van der Waals surface area (Å²) in [6.45, 7) is 2.02. The Morgan fingerprint density at radius 3 is 2.53 bits per heavy atom. The topological polar surface area (TPSA) is 65.3 Å². The van der Waals surface area contributed by atoms with Gasteiger partial charge in [0, 0.05) is 18.7 Å². The van der Waals surface area contributed by atoms with E-state index in [1.165, 1.54) is 23.3 Å². The fourth-order valence-corrected chi connectivity index (χ4v) is 4.57. The van der Waals surface area contributed by atoms with Crippen LogP contribution in [0.3, 0.4) is 0 Å². The van der Waals surface area contributed by atoms with Crippen molar-refractivity contribution in [3.8, 4) is 11.5 Å². The van der Waals surface area contributed by atoms with Gasteiger partial charge in [0.25, 0.3) is 0 Å². The summed E-state index contributed by atoms with van der Waals surface area (Å²) in [6, 6.07) is 20.4. The Kier molecular flexibility index (Phi) is 6.22. The van der Waals surface area contributed by atoms with E-state index in [-0.39, 0.29) is 11.9 Å². The van der Waals surface area contributed by atoms with E-state index in [9.17, 15) is 4.39 Å². The molecule has 174 valence electrons. The van der Waals surface area contributed by atoms with E-state index in [1.807, 2.05) is 18.2 Å². The number of rotatable bonds is 7. The van der Waals surface area contributed by atoms with E-state index in [1.54, 1.807) is 31.0 Å². The largest absolute Gasteiger partial charge is 0.497 e. The first-order chi connectivity index (χ1) is 16.7. The molecule has 5 rings (SSSR count). The average Bonchev–Trinajstić information content (AvgIpc) is 3.33. The first kappa shape index (κ1) is 22.0. The van der Waals surface area contributed by atoms with Crippen LogP contribution in [0.4, 0.5) is 4.39 Å². The van der Waals surface area contributed by atoms with Crippen molar-refractivity contribution >= 4 is 0 Å². The number of benzene rings is 3. The number of fused-ring (bicyclic) bond motifs is 1. The fourth-order valence-electron chi connectivity index (χ4n) is 4.57. The molecule has 0 fully saturated rings. The van der Waals surface area contributed by atoms with E-state index >= 15 is 0 Å². The van der Waals surface area contributed by atoms with Crippen molar-refractivity contribution in [2.45, 2.75) is 25.6 Å². The Morgan fingerprint density at radius 2 is 1.76 bits per heavy atom. The van der Waals surface area contributed by atoms with Gasteiger partial charge in [-0.2, -0.15) is 0 Å². The Morgan fingerprint density at radius 1 is 0.971 bits per heavy atom. The number of hydrogen-bond donors (Lipinski definition) is 0. The maximum atomic E-state index is 13.4. The van der Waals surface area contributed by atoms with Crippen LogP contribution in [0.1, 0.15) is 34.1 Å².